The maximum atomic E-state index is 13.1. The third-order valence-electron chi connectivity index (χ3n) is 7.54. The van der Waals surface area contributed by atoms with Crippen LogP contribution in [0.1, 0.15) is 53.6 Å². The second-order valence-electron chi connectivity index (χ2n) is 11.7. The molecule has 2 heterocycles. The molecule has 10 heteroatoms. The number of nitrogen functional groups attached to an aromatic ring is 1. The maximum absolute atomic E-state index is 13.1. The summed E-state index contributed by atoms with van der Waals surface area (Å²) in [6.07, 6.45) is 0.244. The number of morpholine rings is 1. The highest BCUT2D eigenvalue weighted by molar-refractivity contribution is 6.05. The highest BCUT2D eigenvalue weighted by Crippen LogP contribution is 2.29. The summed E-state index contributed by atoms with van der Waals surface area (Å²) < 4.78 is 5.56. The average Bonchev–Trinajstić information content (AvgIpc) is 3.00. The van der Waals surface area contributed by atoms with Gasteiger partial charge >= 0.3 is 0 Å². The molecule has 43 heavy (non-hydrogen) atoms. The molecule has 1 aliphatic heterocycles. The van der Waals surface area contributed by atoms with Crippen molar-refractivity contribution in [2.24, 2.45) is 0 Å². The van der Waals surface area contributed by atoms with Crippen LogP contribution in [-0.2, 0) is 23.2 Å². The largest absolute Gasteiger partial charge is 0.394 e. The molecule has 1 aromatic heterocycles. The second kappa shape index (κ2) is 12.9. The van der Waals surface area contributed by atoms with Crippen molar-refractivity contribution in [1.82, 2.24) is 15.0 Å². The molecule has 0 saturated carbocycles. The summed E-state index contributed by atoms with van der Waals surface area (Å²) in [5, 5.41) is 22.7. The minimum Gasteiger partial charge on any atom is -0.394 e. The van der Waals surface area contributed by atoms with Crippen LogP contribution in [0.25, 0.3) is 11.4 Å². The SMILES string of the molecule is CC(C)(C)c1ccc(C(=O)Nc2cccc(-c3nc(N)nc(Cc4ccc(N5CCOC(CO)C5)cc4)n3)c2CO)cc1. The fourth-order valence-electron chi connectivity index (χ4n) is 5.11. The van der Waals surface area contributed by atoms with Gasteiger partial charge < -0.3 is 30.9 Å². The first-order valence-corrected chi connectivity index (χ1v) is 14.4. The van der Waals surface area contributed by atoms with Gasteiger partial charge in [0.2, 0.25) is 5.95 Å². The fourth-order valence-corrected chi connectivity index (χ4v) is 5.11. The molecule has 5 rings (SSSR count). The number of nitrogens with one attached hydrogen (secondary N) is 1. The molecule has 1 aliphatic rings. The van der Waals surface area contributed by atoms with Gasteiger partial charge in [-0.25, -0.2) is 4.98 Å². The number of benzene rings is 3. The van der Waals surface area contributed by atoms with Crippen LogP contribution in [-0.4, -0.2) is 63.5 Å². The number of hydrogen-bond acceptors (Lipinski definition) is 9. The van der Waals surface area contributed by atoms with Gasteiger partial charge in [-0.2, -0.15) is 9.97 Å². The molecule has 1 fully saturated rings. The van der Waals surface area contributed by atoms with E-state index in [1.807, 2.05) is 36.4 Å². The number of carbonyl (C=O) groups is 1. The molecule has 0 aliphatic carbocycles. The van der Waals surface area contributed by atoms with Crippen LogP contribution in [0.15, 0.2) is 66.7 Å². The van der Waals surface area contributed by atoms with Crippen LogP contribution in [0.4, 0.5) is 17.3 Å². The van der Waals surface area contributed by atoms with E-state index in [-0.39, 0.29) is 36.6 Å². The normalized spacial score (nSPS) is 15.4. The third kappa shape index (κ3) is 7.16. The molecule has 1 unspecified atom stereocenters. The molecule has 5 N–H and O–H groups in total. The molecule has 0 spiro atoms. The van der Waals surface area contributed by atoms with Crippen molar-refractivity contribution in [3.05, 3.63) is 94.8 Å². The maximum Gasteiger partial charge on any atom is 0.255 e. The molecule has 0 radical (unpaired) electrons. The topological polar surface area (TPSA) is 147 Å². The Morgan fingerprint density at radius 1 is 1.02 bits per heavy atom. The van der Waals surface area contributed by atoms with Crippen molar-refractivity contribution in [3.63, 3.8) is 0 Å². The lowest BCUT2D eigenvalue weighted by Gasteiger charge is -2.33. The van der Waals surface area contributed by atoms with Crippen LogP contribution in [0.2, 0.25) is 0 Å². The monoisotopic (exact) mass is 582 g/mol. The van der Waals surface area contributed by atoms with Crippen LogP contribution in [0, 0.1) is 0 Å². The number of aliphatic hydroxyl groups excluding tert-OH is 2. The molecule has 10 nitrogen and oxygen atoms in total. The van der Waals surface area contributed by atoms with Gasteiger partial charge in [-0.15, -0.1) is 0 Å². The summed E-state index contributed by atoms with van der Waals surface area (Å²) in [7, 11) is 0. The minimum atomic E-state index is -0.337. The predicted octanol–water partition coefficient (Wildman–Crippen LogP) is 3.95. The first kappa shape index (κ1) is 30.1. The molecular weight excluding hydrogens is 544 g/mol. The van der Waals surface area contributed by atoms with E-state index in [1.165, 1.54) is 0 Å². The Kier molecular flexibility index (Phi) is 9.00. The summed E-state index contributed by atoms with van der Waals surface area (Å²) in [4.78, 5) is 28.6. The number of amides is 1. The van der Waals surface area contributed by atoms with E-state index in [0.29, 0.717) is 53.6 Å². The molecule has 1 saturated heterocycles. The van der Waals surface area contributed by atoms with E-state index in [9.17, 15) is 15.0 Å². The zero-order valence-corrected chi connectivity index (χ0v) is 24.7. The number of rotatable bonds is 8. The Balaban J connectivity index is 1.34. The number of nitrogens with two attached hydrogens (primary N) is 1. The van der Waals surface area contributed by atoms with Gasteiger partial charge in [-0.1, -0.05) is 57.2 Å². The Morgan fingerprint density at radius 2 is 1.77 bits per heavy atom. The lowest BCUT2D eigenvalue weighted by molar-refractivity contribution is 0.00357. The predicted molar refractivity (Wildman–Crippen MR) is 167 cm³/mol. The van der Waals surface area contributed by atoms with Crippen LogP contribution >= 0.6 is 0 Å². The fraction of sp³-hybridized carbons (Fsp3) is 0.333. The lowest BCUT2D eigenvalue weighted by atomic mass is 9.86. The number of aliphatic hydroxyl groups is 2. The van der Waals surface area contributed by atoms with Gasteiger partial charge in [0.1, 0.15) is 5.82 Å². The number of aromatic nitrogens is 3. The van der Waals surface area contributed by atoms with Crippen LogP contribution in [0.3, 0.4) is 0 Å². The van der Waals surface area contributed by atoms with Crippen molar-refractivity contribution < 1.29 is 19.7 Å². The van der Waals surface area contributed by atoms with Gasteiger partial charge in [0.25, 0.3) is 5.91 Å². The van der Waals surface area contributed by atoms with Gasteiger partial charge in [-0.05, 0) is 46.9 Å². The zero-order valence-electron chi connectivity index (χ0n) is 24.7. The van der Waals surface area contributed by atoms with Crippen LogP contribution in [0.5, 0.6) is 0 Å². The lowest BCUT2D eigenvalue weighted by Crippen LogP contribution is -2.44. The first-order valence-electron chi connectivity index (χ1n) is 14.4. The van der Waals surface area contributed by atoms with E-state index < -0.39 is 0 Å². The highest BCUT2D eigenvalue weighted by Gasteiger charge is 2.21. The quantitative estimate of drug-likeness (QED) is 0.242. The standard InChI is InChI=1S/C33H38N6O4/c1-33(2,3)23-11-9-22(10-12-23)31(42)35-28-6-4-5-26(27(28)20-41)30-36-29(37-32(34)38-30)17-21-7-13-24(14-8-21)39-15-16-43-25(18-39)19-40/h4-14,25,40-41H,15-20H2,1-3H3,(H,35,42)(H2,34,36,37,38). The number of ether oxygens (including phenoxy) is 1. The van der Waals surface area contributed by atoms with Gasteiger partial charge in [0, 0.05) is 47.6 Å². The zero-order chi connectivity index (χ0) is 30.6. The number of hydrogen-bond donors (Lipinski definition) is 4. The van der Waals surface area contributed by atoms with E-state index in [4.69, 9.17) is 10.5 Å². The number of anilines is 3. The van der Waals surface area contributed by atoms with E-state index in [0.717, 1.165) is 23.4 Å². The molecular formula is C33H38N6O4. The highest BCUT2D eigenvalue weighted by atomic mass is 16.5. The van der Waals surface area contributed by atoms with Gasteiger partial charge in [0.15, 0.2) is 5.82 Å². The molecule has 1 atom stereocenters. The van der Waals surface area contributed by atoms with Gasteiger partial charge in [0.05, 0.1) is 25.9 Å². The molecule has 1 amide bonds. The summed E-state index contributed by atoms with van der Waals surface area (Å²) in [5.74, 6) is 0.587. The molecule has 0 bridgehead atoms. The number of nitrogens with zero attached hydrogens (tertiary/aromatic N) is 4. The smallest absolute Gasteiger partial charge is 0.255 e. The Hall–Kier alpha value is -4.38. The average molecular weight is 583 g/mol. The summed E-state index contributed by atoms with van der Waals surface area (Å²) in [5.41, 5.74) is 11.3. The first-order chi connectivity index (χ1) is 20.6. The van der Waals surface area contributed by atoms with E-state index >= 15 is 0 Å². The Morgan fingerprint density at radius 3 is 2.44 bits per heavy atom. The van der Waals surface area contributed by atoms with Crippen molar-refractivity contribution in [2.75, 3.05) is 42.3 Å². The summed E-state index contributed by atoms with van der Waals surface area (Å²) >= 11 is 0. The number of carbonyl (C=O) groups excluding carboxylic acids is 1. The second-order valence-corrected chi connectivity index (χ2v) is 11.7. The molecule has 3 aromatic carbocycles. The van der Waals surface area contributed by atoms with Crippen LogP contribution < -0.4 is 16.0 Å². The van der Waals surface area contributed by atoms with Crippen molar-refractivity contribution in [2.45, 2.75) is 45.3 Å². The Labute approximate surface area is 251 Å². The van der Waals surface area contributed by atoms with Crippen molar-refractivity contribution in [3.8, 4) is 11.4 Å². The molecule has 4 aromatic rings. The third-order valence-corrected chi connectivity index (χ3v) is 7.54. The van der Waals surface area contributed by atoms with Crippen molar-refractivity contribution >= 4 is 23.2 Å². The van der Waals surface area contributed by atoms with E-state index in [1.54, 1.807) is 30.3 Å². The van der Waals surface area contributed by atoms with E-state index in [2.05, 4.69) is 45.9 Å². The summed E-state index contributed by atoms with van der Waals surface area (Å²) in [6.45, 7) is 8.00. The molecule has 224 valence electrons. The van der Waals surface area contributed by atoms with Gasteiger partial charge in [-0.3, -0.25) is 4.79 Å². The van der Waals surface area contributed by atoms with Crippen molar-refractivity contribution in [1.29, 1.82) is 0 Å². The Bertz CT molecular complexity index is 1570. The summed E-state index contributed by atoms with van der Waals surface area (Å²) in [6, 6.07) is 20.9. The minimum absolute atomic E-state index is 0.00353.